The highest BCUT2D eigenvalue weighted by Crippen LogP contribution is 2.15. The van der Waals surface area contributed by atoms with Crippen molar-refractivity contribution in [3.05, 3.63) is 41.6 Å². The standard InChI is InChI=1S/C15H23N3OS/c1-11-7-17-18(9-11)13(3)12(2)16-8-14-5-6-15(19-14)10-20-4/h5-7,9,12-13,16H,8,10H2,1-4H3/t12-,13+/m1/s1. The lowest BCUT2D eigenvalue weighted by Gasteiger charge is -2.21. The van der Waals surface area contributed by atoms with Crippen molar-refractivity contribution in [3.63, 3.8) is 0 Å². The summed E-state index contributed by atoms with van der Waals surface area (Å²) in [4.78, 5) is 0. The number of furan rings is 1. The van der Waals surface area contributed by atoms with Gasteiger partial charge in [-0.05, 0) is 44.7 Å². The SMILES string of the molecule is CSCc1ccc(CN[C@H](C)[C@H](C)n2cc(C)cn2)o1. The van der Waals surface area contributed by atoms with E-state index in [1.54, 1.807) is 11.8 Å². The molecule has 0 aromatic carbocycles. The van der Waals surface area contributed by atoms with Gasteiger partial charge < -0.3 is 9.73 Å². The highest BCUT2D eigenvalue weighted by Gasteiger charge is 2.14. The van der Waals surface area contributed by atoms with E-state index in [1.165, 1.54) is 5.56 Å². The number of nitrogens with one attached hydrogen (secondary N) is 1. The summed E-state index contributed by atoms with van der Waals surface area (Å²) in [5.74, 6) is 2.96. The monoisotopic (exact) mass is 293 g/mol. The summed E-state index contributed by atoms with van der Waals surface area (Å²) < 4.78 is 7.77. The van der Waals surface area contributed by atoms with Gasteiger partial charge in [-0.2, -0.15) is 16.9 Å². The number of hydrogen-bond donors (Lipinski definition) is 1. The van der Waals surface area contributed by atoms with Gasteiger partial charge in [-0.15, -0.1) is 0 Å². The van der Waals surface area contributed by atoms with Crippen LogP contribution in [0.3, 0.4) is 0 Å². The van der Waals surface area contributed by atoms with Crippen LogP contribution in [0.25, 0.3) is 0 Å². The van der Waals surface area contributed by atoms with E-state index in [4.69, 9.17) is 4.42 Å². The lowest BCUT2D eigenvalue weighted by molar-refractivity contribution is 0.349. The molecule has 2 heterocycles. The third-order valence-corrected chi connectivity index (χ3v) is 4.05. The maximum Gasteiger partial charge on any atom is 0.118 e. The number of thioether (sulfide) groups is 1. The zero-order chi connectivity index (χ0) is 14.5. The average molecular weight is 293 g/mol. The van der Waals surface area contributed by atoms with E-state index in [0.29, 0.717) is 12.1 Å². The van der Waals surface area contributed by atoms with Crippen molar-refractivity contribution in [1.82, 2.24) is 15.1 Å². The molecule has 2 atom stereocenters. The lowest BCUT2D eigenvalue weighted by Crippen LogP contribution is -2.33. The molecule has 20 heavy (non-hydrogen) atoms. The molecule has 0 radical (unpaired) electrons. The Morgan fingerprint density at radius 1 is 1.35 bits per heavy atom. The van der Waals surface area contributed by atoms with E-state index in [2.05, 4.69) is 49.7 Å². The van der Waals surface area contributed by atoms with Crippen molar-refractivity contribution in [2.75, 3.05) is 6.26 Å². The lowest BCUT2D eigenvalue weighted by atomic mass is 10.1. The Morgan fingerprint density at radius 3 is 2.75 bits per heavy atom. The van der Waals surface area contributed by atoms with Crippen molar-refractivity contribution < 1.29 is 4.42 Å². The first-order valence-corrected chi connectivity index (χ1v) is 8.30. The van der Waals surface area contributed by atoms with Crippen LogP contribution in [0.5, 0.6) is 0 Å². The third-order valence-electron chi connectivity index (χ3n) is 3.47. The van der Waals surface area contributed by atoms with Crippen LogP contribution in [-0.2, 0) is 12.3 Å². The van der Waals surface area contributed by atoms with Gasteiger partial charge in [-0.3, -0.25) is 4.68 Å². The molecule has 2 aromatic heterocycles. The minimum absolute atomic E-state index is 0.310. The van der Waals surface area contributed by atoms with Crippen molar-refractivity contribution in [1.29, 1.82) is 0 Å². The van der Waals surface area contributed by atoms with E-state index in [-0.39, 0.29) is 0 Å². The van der Waals surface area contributed by atoms with Gasteiger partial charge in [-0.25, -0.2) is 0 Å². The molecule has 0 bridgehead atoms. The summed E-state index contributed by atoms with van der Waals surface area (Å²) in [5.41, 5.74) is 1.19. The summed E-state index contributed by atoms with van der Waals surface area (Å²) >= 11 is 1.77. The second-order valence-electron chi connectivity index (χ2n) is 5.21. The maximum atomic E-state index is 5.76. The summed E-state index contributed by atoms with van der Waals surface area (Å²) in [6.45, 7) is 7.16. The van der Waals surface area contributed by atoms with E-state index in [1.807, 2.05) is 16.9 Å². The fourth-order valence-corrected chi connectivity index (χ4v) is 2.49. The Labute approximate surface area is 124 Å². The molecule has 4 nitrogen and oxygen atoms in total. The first-order chi connectivity index (χ1) is 9.60. The molecule has 110 valence electrons. The van der Waals surface area contributed by atoms with Gasteiger partial charge in [0, 0.05) is 12.2 Å². The van der Waals surface area contributed by atoms with Gasteiger partial charge in [0.25, 0.3) is 0 Å². The molecule has 5 heteroatoms. The number of nitrogens with zero attached hydrogens (tertiary/aromatic N) is 2. The smallest absolute Gasteiger partial charge is 0.118 e. The van der Waals surface area contributed by atoms with Crippen LogP contribution in [0.4, 0.5) is 0 Å². The van der Waals surface area contributed by atoms with Gasteiger partial charge >= 0.3 is 0 Å². The first-order valence-electron chi connectivity index (χ1n) is 6.91. The zero-order valence-corrected chi connectivity index (χ0v) is 13.4. The fraction of sp³-hybridized carbons (Fsp3) is 0.533. The molecular formula is C15H23N3OS. The van der Waals surface area contributed by atoms with Gasteiger partial charge in [0.1, 0.15) is 11.5 Å². The molecule has 2 rings (SSSR count). The maximum absolute atomic E-state index is 5.76. The molecule has 0 spiro atoms. The molecular weight excluding hydrogens is 270 g/mol. The summed E-state index contributed by atoms with van der Waals surface area (Å²) in [6.07, 6.45) is 6.05. The Kier molecular flexibility index (Phi) is 5.31. The number of rotatable bonds is 7. The largest absolute Gasteiger partial charge is 0.464 e. The first kappa shape index (κ1) is 15.2. The molecule has 2 aromatic rings. The summed E-state index contributed by atoms with van der Waals surface area (Å²) in [7, 11) is 0. The summed E-state index contributed by atoms with van der Waals surface area (Å²) in [5, 5.41) is 7.87. The van der Waals surface area contributed by atoms with Crippen LogP contribution in [-0.4, -0.2) is 22.1 Å². The summed E-state index contributed by atoms with van der Waals surface area (Å²) in [6, 6.07) is 4.74. The Balaban J connectivity index is 1.86. The highest BCUT2D eigenvalue weighted by atomic mass is 32.2. The zero-order valence-electron chi connectivity index (χ0n) is 12.6. The molecule has 1 N–H and O–H groups in total. The van der Waals surface area contributed by atoms with Crippen molar-refractivity contribution >= 4 is 11.8 Å². The Bertz CT molecular complexity index is 535. The molecule has 0 fully saturated rings. The molecule has 0 aliphatic carbocycles. The topological polar surface area (TPSA) is 43.0 Å². The van der Waals surface area contributed by atoms with Crippen LogP contribution in [0.1, 0.15) is 37.0 Å². The van der Waals surface area contributed by atoms with Crippen LogP contribution in [0.15, 0.2) is 28.9 Å². The van der Waals surface area contributed by atoms with Crippen LogP contribution < -0.4 is 5.32 Å². The van der Waals surface area contributed by atoms with Gasteiger partial charge in [0.05, 0.1) is 24.5 Å². The second kappa shape index (κ2) is 6.99. The molecule has 0 amide bonds. The minimum Gasteiger partial charge on any atom is -0.464 e. The molecule has 0 unspecified atom stereocenters. The highest BCUT2D eigenvalue weighted by molar-refractivity contribution is 7.97. The normalized spacial score (nSPS) is 14.4. The number of aromatic nitrogens is 2. The van der Waals surface area contributed by atoms with Gasteiger partial charge in [-0.1, -0.05) is 0 Å². The van der Waals surface area contributed by atoms with Crippen molar-refractivity contribution in [2.45, 2.75) is 45.2 Å². The molecule has 0 saturated carbocycles. The van der Waals surface area contributed by atoms with Gasteiger partial charge in [0.2, 0.25) is 0 Å². The fourth-order valence-electron chi connectivity index (χ4n) is 2.05. The predicted octanol–water partition coefficient (Wildman–Crippen LogP) is 3.39. The Hall–Kier alpha value is -1.20. The predicted molar refractivity (Wildman–Crippen MR) is 83.9 cm³/mol. The van der Waals surface area contributed by atoms with E-state index < -0.39 is 0 Å². The van der Waals surface area contributed by atoms with Crippen molar-refractivity contribution in [3.8, 4) is 0 Å². The molecule has 0 saturated heterocycles. The minimum atomic E-state index is 0.310. The molecule has 0 aliphatic heterocycles. The van der Waals surface area contributed by atoms with Crippen LogP contribution >= 0.6 is 11.8 Å². The van der Waals surface area contributed by atoms with E-state index >= 15 is 0 Å². The third kappa shape index (κ3) is 3.90. The van der Waals surface area contributed by atoms with Crippen molar-refractivity contribution in [2.24, 2.45) is 0 Å². The Morgan fingerprint density at radius 2 is 2.10 bits per heavy atom. The number of aryl methyl sites for hydroxylation is 1. The van der Waals surface area contributed by atoms with Crippen LogP contribution in [0, 0.1) is 6.92 Å². The number of hydrogen-bond acceptors (Lipinski definition) is 4. The van der Waals surface area contributed by atoms with Crippen LogP contribution in [0.2, 0.25) is 0 Å². The van der Waals surface area contributed by atoms with E-state index in [9.17, 15) is 0 Å². The average Bonchev–Trinajstić information content (AvgIpc) is 3.05. The quantitative estimate of drug-likeness (QED) is 0.850. The second-order valence-corrected chi connectivity index (χ2v) is 6.07. The van der Waals surface area contributed by atoms with Gasteiger partial charge in [0.15, 0.2) is 0 Å². The van der Waals surface area contributed by atoms with E-state index in [0.717, 1.165) is 23.8 Å². The molecule has 0 aliphatic rings.